The van der Waals surface area contributed by atoms with Gasteiger partial charge in [0, 0.05) is 41.9 Å². The van der Waals surface area contributed by atoms with Gasteiger partial charge in [0.2, 0.25) is 0 Å². The molecule has 116 valence electrons. The van der Waals surface area contributed by atoms with Crippen molar-refractivity contribution in [3.8, 4) is 0 Å². The standard InChI is InChI=1S/C16H25N3OS/c1-10(2)14-8-13(9-15(17-5)18-14)16(20)19-6-7-21-12(4)11(19)3/h8-12H,6-7H2,1-5H3,(H,17,18). The van der Waals surface area contributed by atoms with E-state index in [1.54, 1.807) is 0 Å². The van der Waals surface area contributed by atoms with E-state index in [9.17, 15) is 4.79 Å². The Balaban J connectivity index is 2.31. The number of rotatable bonds is 3. The maximum atomic E-state index is 12.9. The summed E-state index contributed by atoms with van der Waals surface area (Å²) >= 11 is 1.94. The molecular formula is C16H25N3OS. The third-order valence-electron chi connectivity index (χ3n) is 4.08. The van der Waals surface area contributed by atoms with Gasteiger partial charge in [-0.2, -0.15) is 11.8 Å². The van der Waals surface area contributed by atoms with Crippen molar-refractivity contribution in [3.63, 3.8) is 0 Å². The molecule has 0 spiro atoms. The fourth-order valence-electron chi connectivity index (χ4n) is 2.48. The van der Waals surface area contributed by atoms with Gasteiger partial charge in [0.05, 0.1) is 0 Å². The fourth-order valence-corrected chi connectivity index (χ4v) is 3.58. The molecule has 5 heteroatoms. The van der Waals surface area contributed by atoms with Gasteiger partial charge >= 0.3 is 0 Å². The number of amides is 1. The lowest BCUT2D eigenvalue weighted by Crippen LogP contribution is -2.48. The average molecular weight is 307 g/mol. The van der Waals surface area contributed by atoms with E-state index >= 15 is 0 Å². The summed E-state index contributed by atoms with van der Waals surface area (Å²) in [5.41, 5.74) is 1.70. The molecule has 1 aromatic heterocycles. The SMILES string of the molecule is CNc1cc(C(=O)N2CCSC(C)C2C)cc(C(C)C)n1. The molecule has 2 rings (SSSR count). The first-order valence-corrected chi connectivity index (χ1v) is 8.61. The summed E-state index contributed by atoms with van der Waals surface area (Å²) in [6, 6.07) is 4.06. The summed E-state index contributed by atoms with van der Waals surface area (Å²) in [5, 5.41) is 3.54. The van der Waals surface area contributed by atoms with Gasteiger partial charge in [0.15, 0.2) is 0 Å². The molecule has 1 aliphatic heterocycles. The molecule has 0 radical (unpaired) electrons. The number of hydrogen-bond donors (Lipinski definition) is 1. The first kappa shape index (κ1) is 16.1. The number of anilines is 1. The Morgan fingerprint density at radius 1 is 1.43 bits per heavy atom. The first-order valence-electron chi connectivity index (χ1n) is 7.56. The van der Waals surface area contributed by atoms with E-state index in [2.05, 4.69) is 38.0 Å². The molecule has 4 nitrogen and oxygen atoms in total. The Hall–Kier alpha value is -1.23. The van der Waals surface area contributed by atoms with Crippen LogP contribution in [0, 0.1) is 0 Å². The minimum absolute atomic E-state index is 0.121. The van der Waals surface area contributed by atoms with Crippen LogP contribution >= 0.6 is 11.8 Å². The van der Waals surface area contributed by atoms with Crippen LogP contribution in [0.3, 0.4) is 0 Å². The summed E-state index contributed by atoms with van der Waals surface area (Å²) in [7, 11) is 1.84. The minimum atomic E-state index is 0.121. The lowest BCUT2D eigenvalue weighted by atomic mass is 10.1. The Bertz CT molecular complexity index is 518. The molecule has 2 unspecified atom stereocenters. The summed E-state index contributed by atoms with van der Waals surface area (Å²) in [6.45, 7) is 9.35. The molecule has 1 aliphatic rings. The number of carbonyl (C=O) groups is 1. The van der Waals surface area contributed by atoms with Crippen LogP contribution in [-0.2, 0) is 0 Å². The molecule has 2 atom stereocenters. The van der Waals surface area contributed by atoms with E-state index < -0.39 is 0 Å². The van der Waals surface area contributed by atoms with Crippen LogP contribution in [0.4, 0.5) is 5.82 Å². The topological polar surface area (TPSA) is 45.2 Å². The smallest absolute Gasteiger partial charge is 0.254 e. The number of pyridine rings is 1. The van der Waals surface area contributed by atoms with Crippen molar-refractivity contribution in [1.82, 2.24) is 9.88 Å². The average Bonchev–Trinajstić information content (AvgIpc) is 2.48. The number of nitrogens with one attached hydrogen (secondary N) is 1. The highest BCUT2D eigenvalue weighted by molar-refractivity contribution is 8.00. The molecule has 0 saturated carbocycles. The van der Waals surface area contributed by atoms with Crippen molar-refractivity contribution in [2.24, 2.45) is 0 Å². The second kappa shape index (κ2) is 6.69. The molecule has 1 N–H and O–H groups in total. The van der Waals surface area contributed by atoms with E-state index in [4.69, 9.17) is 0 Å². The van der Waals surface area contributed by atoms with Crippen molar-refractivity contribution in [2.45, 2.75) is 44.9 Å². The zero-order chi connectivity index (χ0) is 15.6. The zero-order valence-corrected chi connectivity index (χ0v) is 14.3. The largest absolute Gasteiger partial charge is 0.373 e. The minimum Gasteiger partial charge on any atom is -0.373 e. The van der Waals surface area contributed by atoms with Crippen LogP contribution in [-0.4, -0.2) is 46.4 Å². The van der Waals surface area contributed by atoms with Crippen LogP contribution < -0.4 is 5.32 Å². The van der Waals surface area contributed by atoms with Gasteiger partial charge in [0.25, 0.3) is 5.91 Å². The molecule has 21 heavy (non-hydrogen) atoms. The van der Waals surface area contributed by atoms with Gasteiger partial charge in [-0.05, 0) is 25.0 Å². The van der Waals surface area contributed by atoms with Crippen molar-refractivity contribution < 1.29 is 4.79 Å². The van der Waals surface area contributed by atoms with E-state index in [0.29, 0.717) is 11.2 Å². The quantitative estimate of drug-likeness (QED) is 0.931. The Labute approximate surface area is 131 Å². The van der Waals surface area contributed by atoms with E-state index in [1.165, 1.54) is 0 Å². The molecule has 0 aromatic carbocycles. The molecule has 2 heterocycles. The third-order valence-corrected chi connectivity index (χ3v) is 5.42. The number of carbonyl (C=O) groups excluding carboxylic acids is 1. The maximum Gasteiger partial charge on any atom is 0.254 e. The Morgan fingerprint density at radius 3 is 2.76 bits per heavy atom. The highest BCUT2D eigenvalue weighted by Crippen LogP contribution is 2.26. The zero-order valence-electron chi connectivity index (χ0n) is 13.5. The number of thioether (sulfide) groups is 1. The summed E-state index contributed by atoms with van der Waals surface area (Å²) in [4.78, 5) is 19.4. The number of nitrogens with zero attached hydrogens (tertiary/aromatic N) is 2. The van der Waals surface area contributed by atoms with Crippen LogP contribution in [0.2, 0.25) is 0 Å². The summed E-state index contributed by atoms with van der Waals surface area (Å²) in [5.74, 6) is 2.20. The number of aromatic nitrogens is 1. The van der Waals surface area contributed by atoms with Crippen LogP contribution in [0.5, 0.6) is 0 Å². The molecule has 0 bridgehead atoms. The second-order valence-corrected chi connectivity index (χ2v) is 7.37. The van der Waals surface area contributed by atoms with E-state index in [0.717, 1.165) is 29.4 Å². The molecule has 1 fully saturated rings. The lowest BCUT2D eigenvalue weighted by molar-refractivity contribution is 0.0698. The van der Waals surface area contributed by atoms with Gasteiger partial charge in [-0.3, -0.25) is 4.79 Å². The van der Waals surface area contributed by atoms with E-state index in [1.807, 2.05) is 35.8 Å². The van der Waals surface area contributed by atoms with Crippen molar-refractivity contribution in [2.75, 3.05) is 24.7 Å². The van der Waals surface area contributed by atoms with Crippen molar-refractivity contribution in [3.05, 3.63) is 23.4 Å². The lowest BCUT2D eigenvalue weighted by Gasteiger charge is -2.37. The predicted molar refractivity (Wildman–Crippen MR) is 90.3 cm³/mol. The van der Waals surface area contributed by atoms with Gasteiger partial charge in [-0.1, -0.05) is 20.8 Å². The van der Waals surface area contributed by atoms with Crippen molar-refractivity contribution in [1.29, 1.82) is 0 Å². The van der Waals surface area contributed by atoms with Gasteiger partial charge in [-0.25, -0.2) is 4.98 Å². The van der Waals surface area contributed by atoms with Gasteiger partial charge in [-0.15, -0.1) is 0 Å². The summed E-state index contributed by atoms with van der Waals surface area (Å²) < 4.78 is 0. The highest BCUT2D eigenvalue weighted by atomic mass is 32.2. The fraction of sp³-hybridized carbons (Fsp3) is 0.625. The van der Waals surface area contributed by atoms with Gasteiger partial charge < -0.3 is 10.2 Å². The van der Waals surface area contributed by atoms with Crippen LogP contribution in [0.25, 0.3) is 0 Å². The van der Waals surface area contributed by atoms with Crippen molar-refractivity contribution >= 4 is 23.5 Å². The second-order valence-electron chi connectivity index (χ2n) is 5.89. The maximum absolute atomic E-state index is 12.9. The third kappa shape index (κ3) is 3.51. The highest BCUT2D eigenvalue weighted by Gasteiger charge is 2.29. The van der Waals surface area contributed by atoms with Crippen LogP contribution in [0.15, 0.2) is 12.1 Å². The summed E-state index contributed by atoms with van der Waals surface area (Å²) in [6.07, 6.45) is 0. The molecule has 1 amide bonds. The molecular weight excluding hydrogens is 282 g/mol. The Kier molecular flexibility index (Phi) is 5.14. The first-order chi connectivity index (χ1) is 9.93. The van der Waals surface area contributed by atoms with Gasteiger partial charge in [0.1, 0.15) is 5.82 Å². The Morgan fingerprint density at radius 2 is 2.14 bits per heavy atom. The van der Waals surface area contributed by atoms with Crippen LogP contribution in [0.1, 0.15) is 49.7 Å². The molecule has 1 aromatic rings. The number of hydrogen-bond acceptors (Lipinski definition) is 4. The monoisotopic (exact) mass is 307 g/mol. The predicted octanol–water partition coefficient (Wildman–Crippen LogP) is 3.21. The normalized spacial score (nSPS) is 22.5. The van der Waals surface area contributed by atoms with E-state index in [-0.39, 0.29) is 11.9 Å². The molecule has 1 saturated heterocycles. The molecule has 0 aliphatic carbocycles.